The summed E-state index contributed by atoms with van der Waals surface area (Å²) in [5.41, 5.74) is 0. The monoisotopic (exact) mass is 194 g/mol. The summed E-state index contributed by atoms with van der Waals surface area (Å²) in [6.07, 6.45) is 18.0. The van der Waals surface area contributed by atoms with Crippen LogP contribution in [-0.4, -0.2) is 23.1 Å². The van der Waals surface area contributed by atoms with Gasteiger partial charge in [0.15, 0.2) is 0 Å². The van der Waals surface area contributed by atoms with E-state index in [0.717, 1.165) is 0 Å². The fourth-order valence-electron chi connectivity index (χ4n) is 1.02. The van der Waals surface area contributed by atoms with E-state index < -0.39 is 0 Å². The molecular weight excluding hydrogens is 180 g/mol. The van der Waals surface area contributed by atoms with E-state index in [9.17, 15) is 0 Å². The topological polar surface area (TPSA) is 0 Å². The standard InChI is InChI=1S/2C5H7.ClH.Mg/c2*1-2-4-5-3-1;;/h2*1H,2,4-5H2;1H;/q2*-1;;+2. The number of allylic oxidation sites excluding steroid dienone is 4. The molecule has 0 aromatic rings. The first-order chi connectivity index (χ1) is 5.00. The summed E-state index contributed by atoms with van der Waals surface area (Å²) < 4.78 is 0. The van der Waals surface area contributed by atoms with E-state index in [4.69, 9.17) is 0 Å². The van der Waals surface area contributed by atoms with Crippen LogP contribution in [0.4, 0.5) is 0 Å². The molecule has 0 radical (unpaired) electrons. The van der Waals surface area contributed by atoms with Gasteiger partial charge in [-0.2, -0.15) is 12.8 Å². The van der Waals surface area contributed by atoms with E-state index >= 15 is 0 Å². The van der Waals surface area contributed by atoms with Crippen molar-refractivity contribution in [2.75, 3.05) is 0 Å². The van der Waals surface area contributed by atoms with Gasteiger partial charge in [0.2, 0.25) is 0 Å². The van der Waals surface area contributed by atoms with Crippen molar-refractivity contribution in [1.82, 2.24) is 0 Å². The van der Waals surface area contributed by atoms with Crippen molar-refractivity contribution in [3.05, 3.63) is 24.3 Å². The molecule has 0 aromatic heterocycles. The van der Waals surface area contributed by atoms with E-state index in [1.807, 2.05) is 0 Å². The molecule has 2 heteroatoms. The van der Waals surface area contributed by atoms with E-state index in [1.54, 1.807) is 0 Å². The van der Waals surface area contributed by atoms with Gasteiger partial charge in [0, 0.05) is 0 Å². The van der Waals surface area contributed by atoms with Gasteiger partial charge in [-0.1, -0.05) is 25.7 Å². The van der Waals surface area contributed by atoms with E-state index in [2.05, 4.69) is 24.3 Å². The molecule has 12 heavy (non-hydrogen) atoms. The van der Waals surface area contributed by atoms with Crippen LogP contribution in [0.2, 0.25) is 0 Å². The minimum absolute atomic E-state index is 0. The van der Waals surface area contributed by atoms with Gasteiger partial charge in [-0.25, -0.2) is 0 Å². The van der Waals surface area contributed by atoms with Crippen LogP contribution in [0.25, 0.3) is 0 Å². The zero-order chi connectivity index (χ0) is 7.07. The summed E-state index contributed by atoms with van der Waals surface area (Å²) in [6, 6.07) is 0. The van der Waals surface area contributed by atoms with Crippen LogP contribution in [0.1, 0.15) is 38.5 Å². The van der Waals surface area contributed by atoms with E-state index in [1.165, 1.54) is 38.5 Å². The Labute approximate surface area is 98.1 Å². The molecule has 0 amide bonds. The van der Waals surface area contributed by atoms with Crippen LogP contribution in [-0.2, 0) is 0 Å². The molecule has 64 valence electrons. The Morgan fingerprint density at radius 2 is 1.25 bits per heavy atom. The van der Waals surface area contributed by atoms with Crippen LogP contribution >= 0.6 is 12.4 Å². The van der Waals surface area contributed by atoms with E-state index in [-0.39, 0.29) is 35.5 Å². The van der Waals surface area contributed by atoms with Gasteiger partial charge in [0.1, 0.15) is 0 Å². The second-order valence-corrected chi connectivity index (χ2v) is 2.60. The molecule has 0 aromatic carbocycles. The largest absolute Gasteiger partial charge is 2.00 e. The molecular formula is C10H15ClMg. The summed E-state index contributed by atoms with van der Waals surface area (Å²) in [7, 11) is 0. The second kappa shape index (κ2) is 11.5. The first kappa shape index (κ1) is 15.0. The second-order valence-electron chi connectivity index (χ2n) is 2.60. The molecule has 2 rings (SSSR count). The predicted octanol–water partition coefficient (Wildman–Crippen LogP) is 3.10. The van der Waals surface area contributed by atoms with Crippen molar-refractivity contribution >= 4 is 35.5 Å². The maximum Gasteiger partial charge on any atom is 2.00 e. The van der Waals surface area contributed by atoms with Crippen LogP contribution in [0.15, 0.2) is 12.2 Å². The third-order valence-corrected chi connectivity index (χ3v) is 1.63. The summed E-state index contributed by atoms with van der Waals surface area (Å²) in [4.78, 5) is 0. The summed E-state index contributed by atoms with van der Waals surface area (Å²) >= 11 is 0. The molecule has 0 spiro atoms. The van der Waals surface area contributed by atoms with Gasteiger partial charge in [-0.3, -0.25) is 12.2 Å². The molecule has 0 nitrogen and oxygen atoms in total. The maximum absolute atomic E-state index is 3.10. The molecule has 0 unspecified atom stereocenters. The summed E-state index contributed by atoms with van der Waals surface area (Å²) in [5.74, 6) is 0. The van der Waals surface area contributed by atoms with Crippen LogP contribution in [0.3, 0.4) is 0 Å². The normalized spacial score (nSPS) is 17.3. The zero-order valence-corrected chi connectivity index (χ0v) is 9.74. The van der Waals surface area contributed by atoms with Crippen molar-refractivity contribution in [2.45, 2.75) is 38.5 Å². The smallest absolute Gasteiger partial charge is 0.501 e. The Balaban J connectivity index is 0. The molecule has 2 aliphatic carbocycles. The van der Waals surface area contributed by atoms with Crippen molar-refractivity contribution in [2.24, 2.45) is 0 Å². The number of hydrogen-bond acceptors (Lipinski definition) is 0. The molecule has 0 N–H and O–H groups in total. The quantitative estimate of drug-likeness (QED) is 0.411. The number of hydrogen-bond donors (Lipinski definition) is 0. The van der Waals surface area contributed by atoms with Gasteiger partial charge in [0.25, 0.3) is 0 Å². The first-order valence-electron chi connectivity index (χ1n) is 4.10. The third kappa shape index (κ3) is 8.63. The van der Waals surface area contributed by atoms with E-state index in [0.29, 0.717) is 0 Å². The number of rotatable bonds is 0. The minimum atomic E-state index is 0. The zero-order valence-electron chi connectivity index (χ0n) is 7.51. The van der Waals surface area contributed by atoms with Gasteiger partial charge in [-0.15, -0.1) is 12.4 Å². The van der Waals surface area contributed by atoms with Gasteiger partial charge >= 0.3 is 23.1 Å². The fraction of sp³-hybridized carbons (Fsp3) is 0.600. The molecule has 0 saturated heterocycles. The average molecular weight is 195 g/mol. The van der Waals surface area contributed by atoms with Gasteiger partial charge in [0.05, 0.1) is 0 Å². The molecule has 0 saturated carbocycles. The molecule has 0 bridgehead atoms. The van der Waals surface area contributed by atoms with Crippen molar-refractivity contribution in [3.8, 4) is 0 Å². The van der Waals surface area contributed by atoms with Crippen molar-refractivity contribution in [1.29, 1.82) is 0 Å². The maximum atomic E-state index is 3.10. The van der Waals surface area contributed by atoms with Crippen LogP contribution in [0.5, 0.6) is 0 Å². The SMILES string of the molecule is Cl.[C-]1=CCCC1.[C-]1=CCCC1.[Mg+2]. The average Bonchev–Trinajstić information content (AvgIpc) is 2.67. The molecule has 2 aliphatic rings. The Kier molecular flexibility index (Phi) is 14.4. The van der Waals surface area contributed by atoms with Gasteiger partial charge in [-0.05, 0) is 0 Å². The third-order valence-electron chi connectivity index (χ3n) is 1.63. The molecule has 0 aliphatic heterocycles. The van der Waals surface area contributed by atoms with Crippen molar-refractivity contribution in [3.63, 3.8) is 0 Å². The van der Waals surface area contributed by atoms with Crippen molar-refractivity contribution < 1.29 is 0 Å². The Bertz CT molecular complexity index is 102. The molecule has 0 fully saturated rings. The molecule has 0 atom stereocenters. The number of halogens is 1. The predicted molar refractivity (Wildman–Crippen MR) is 56.3 cm³/mol. The summed E-state index contributed by atoms with van der Waals surface area (Å²) in [5, 5.41) is 0. The van der Waals surface area contributed by atoms with Crippen LogP contribution < -0.4 is 0 Å². The Morgan fingerprint density at radius 1 is 0.833 bits per heavy atom. The summed E-state index contributed by atoms with van der Waals surface area (Å²) in [6.45, 7) is 0. The van der Waals surface area contributed by atoms with Crippen LogP contribution in [0, 0.1) is 12.2 Å². The Hall–Kier alpha value is 0.536. The molecule has 0 heterocycles. The Morgan fingerprint density at radius 3 is 1.33 bits per heavy atom. The fourth-order valence-corrected chi connectivity index (χ4v) is 1.02. The van der Waals surface area contributed by atoms with Gasteiger partial charge < -0.3 is 12.2 Å². The first-order valence-corrected chi connectivity index (χ1v) is 4.10. The minimum Gasteiger partial charge on any atom is -0.501 e.